The van der Waals surface area contributed by atoms with E-state index < -0.39 is 0 Å². The number of fused-ring (bicyclic) bond motifs is 1. The van der Waals surface area contributed by atoms with Crippen LogP contribution in [0.4, 0.5) is 11.4 Å². The van der Waals surface area contributed by atoms with Gasteiger partial charge in [0.15, 0.2) is 5.65 Å². The molecule has 3 N–H and O–H groups in total. The fourth-order valence-corrected chi connectivity index (χ4v) is 2.76. The van der Waals surface area contributed by atoms with Gasteiger partial charge < -0.3 is 10.3 Å². The molecular formula is C18H13ClN4O2. The summed E-state index contributed by atoms with van der Waals surface area (Å²) in [6, 6.07) is 17.8. The predicted molar refractivity (Wildman–Crippen MR) is 98.8 cm³/mol. The third kappa shape index (κ3) is 2.83. The second-order valence-corrected chi connectivity index (χ2v) is 5.96. The Morgan fingerprint density at radius 2 is 1.68 bits per heavy atom. The van der Waals surface area contributed by atoms with Gasteiger partial charge in [0, 0.05) is 16.8 Å². The molecule has 0 unspecified atom stereocenters. The van der Waals surface area contributed by atoms with Crippen molar-refractivity contribution < 1.29 is 0 Å². The Morgan fingerprint density at radius 3 is 2.40 bits per heavy atom. The van der Waals surface area contributed by atoms with Gasteiger partial charge in [-0.2, -0.15) is 4.52 Å². The molecule has 124 valence electrons. The standard InChI is InChI=1S/C18H13ClN4O2/c19-12-8-6-11(7-9-12)14-10-15(24)23-17(21-14)16(18(25)22-23)20-13-4-2-1-3-5-13/h1-10,20-21H,(H,22,25). The summed E-state index contributed by atoms with van der Waals surface area (Å²) in [6.07, 6.45) is 0. The molecule has 0 saturated carbocycles. The molecule has 25 heavy (non-hydrogen) atoms. The summed E-state index contributed by atoms with van der Waals surface area (Å²) in [5, 5.41) is 6.20. The quantitative estimate of drug-likeness (QED) is 0.528. The van der Waals surface area contributed by atoms with Crippen molar-refractivity contribution in [1.29, 1.82) is 0 Å². The van der Waals surface area contributed by atoms with E-state index in [1.165, 1.54) is 10.6 Å². The number of hydrogen-bond donors (Lipinski definition) is 3. The van der Waals surface area contributed by atoms with Crippen LogP contribution in [0, 0.1) is 0 Å². The van der Waals surface area contributed by atoms with Crippen molar-refractivity contribution in [3.8, 4) is 11.3 Å². The molecule has 2 heterocycles. The highest BCUT2D eigenvalue weighted by atomic mass is 35.5. The number of rotatable bonds is 3. The van der Waals surface area contributed by atoms with E-state index >= 15 is 0 Å². The van der Waals surface area contributed by atoms with Crippen LogP contribution in [0.15, 0.2) is 70.3 Å². The highest BCUT2D eigenvalue weighted by molar-refractivity contribution is 6.30. The van der Waals surface area contributed by atoms with Crippen molar-refractivity contribution in [2.45, 2.75) is 0 Å². The van der Waals surface area contributed by atoms with Crippen LogP contribution in [0.3, 0.4) is 0 Å². The summed E-state index contributed by atoms with van der Waals surface area (Å²) in [6.45, 7) is 0. The molecule has 0 aliphatic carbocycles. The second kappa shape index (κ2) is 5.99. The van der Waals surface area contributed by atoms with E-state index in [-0.39, 0.29) is 16.8 Å². The average Bonchev–Trinajstić information content (AvgIpc) is 2.93. The summed E-state index contributed by atoms with van der Waals surface area (Å²) in [5.41, 5.74) is 2.06. The van der Waals surface area contributed by atoms with Crippen LogP contribution in [0.5, 0.6) is 0 Å². The monoisotopic (exact) mass is 352 g/mol. The van der Waals surface area contributed by atoms with Crippen molar-refractivity contribution >= 4 is 28.6 Å². The maximum atomic E-state index is 12.4. The Morgan fingerprint density at radius 1 is 0.960 bits per heavy atom. The number of benzene rings is 2. The molecular weight excluding hydrogens is 340 g/mol. The van der Waals surface area contributed by atoms with E-state index in [0.29, 0.717) is 16.4 Å². The molecule has 0 bridgehead atoms. The Labute approximate surface area is 146 Å². The van der Waals surface area contributed by atoms with Crippen molar-refractivity contribution in [3.63, 3.8) is 0 Å². The van der Waals surface area contributed by atoms with Crippen LogP contribution >= 0.6 is 11.6 Å². The van der Waals surface area contributed by atoms with Gasteiger partial charge in [-0.05, 0) is 29.8 Å². The van der Waals surface area contributed by atoms with Crippen LogP contribution in [0.1, 0.15) is 0 Å². The molecule has 4 rings (SSSR count). The SMILES string of the molecule is O=c1[nH]n2c(=O)cc(-c3ccc(Cl)cc3)[nH]c2c1Nc1ccccc1. The summed E-state index contributed by atoms with van der Waals surface area (Å²) in [7, 11) is 0. The third-order valence-corrected chi connectivity index (χ3v) is 4.09. The Hall–Kier alpha value is -3.25. The lowest BCUT2D eigenvalue weighted by Gasteiger charge is -2.06. The third-order valence-electron chi connectivity index (χ3n) is 3.84. The minimum atomic E-state index is -0.384. The van der Waals surface area contributed by atoms with E-state index in [2.05, 4.69) is 15.4 Å². The predicted octanol–water partition coefficient (Wildman–Crippen LogP) is 3.38. The van der Waals surface area contributed by atoms with Crippen LogP contribution in [0.25, 0.3) is 16.9 Å². The van der Waals surface area contributed by atoms with Crippen LogP contribution in [-0.4, -0.2) is 14.6 Å². The van der Waals surface area contributed by atoms with Crippen molar-refractivity contribution in [1.82, 2.24) is 14.6 Å². The lowest BCUT2D eigenvalue weighted by molar-refractivity contribution is 0.884. The molecule has 6 nitrogen and oxygen atoms in total. The van der Waals surface area contributed by atoms with E-state index in [1.807, 2.05) is 30.3 Å². The second-order valence-electron chi connectivity index (χ2n) is 5.52. The minimum absolute atomic E-state index is 0.277. The maximum absolute atomic E-state index is 12.4. The number of aromatic nitrogens is 3. The highest BCUT2D eigenvalue weighted by Crippen LogP contribution is 2.21. The van der Waals surface area contributed by atoms with Gasteiger partial charge in [0.05, 0.1) is 5.69 Å². The van der Waals surface area contributed by atoms with Gasteiger partial charge in [0.25, 0.3) is 11.1 Å². The van der Waals surface area contributed by atoms with E-state index in [0.717, 1.165) is 11.3 Å². The first-order chi connectivity index (χ1) is 12.1. The van der Waals surface area contributed by atoms with Gasteiger partial charge in [-0.25, -0.2) is 0 Å². The van der Waals surface area contributed by atoms with Crippen LogP contribution in [-0.2, 0) is 0 Å². The molecule has 2 aromatic carbocycles. The van der Waals surface area contributed by atoms with Gasteiger partial charge in [-0.15, -0.1) is 0 Å². The lowest BCUT2D eigenvalue weighted by atomic mass is 10.1. The fraction of sp³-hybridized carbons (Fsp3) is 0. The molecule has 7 heteroatoms. The summed E-state index contributed by atoms with van der Waals surface area (Å²) < 4.78 is 1.19. The number of para-hydroxylation sites is 1. The maximum Gasteiger partial charge on any atom is 0.290 e. The first kappa shape index (κ1) is 15.3. The smallest absolute Gasteiger partial charge is 0.290 e. The van der Waals surface area contributed by atoms with Crippen LogP contribution < -0.4 is 16.4 Å². The number of anilines is 2. The van der Waals surface area contributed by atoms with Crippen molar-refractivity contribution in [2.24, 2.45) is 0 Å². The molecule has 0 aliphatic heterocycles. The molecule has 2 aromatic heterocycles. The van der Waals surface area contributed by atoms with E-state index in [9.17, 15) is 9.59 Å². The normalized spacial score (nSPS) is 10.9. The zero-order valence-electron chi connectivity index (χ0n) is 12.9. The largest absolute Gasteiger partial charge is 0.348 e. The van der Waals surface area contributed by atoms with Gasteiger partial charge in [0.1, 0.15) is 5.69 Å². The molecule has 4 aromatic rings. The Bertz CT molecular complexity index is 1160. The first-order valence-electron chi connectivity index (χ1n) is 7.58. The molecule has 0 atom stereocenters. The van der Waals surface area contributed by atoms with Gasteiger partial charge in [-0.3, -0.25) is 14.7 Å². The van der Waals surface area contributed by atoms with E-state index in [1.54, 1.807) is 24.3 Å². The van der Waals surface area contributed by atoms with E-state index in [4.69, 9.17) is 11.6 Å². The Kier molecular flexibility index (Phi) is 3.66. The first-order valence-corrected chi connectivity index (χ1v) is 7.96. The zero-order chi connectivity index (χ0) is 17.4. The summed E-state index contributed by atoms with van der Waals surface area (Å²) in [4.78, 5) is 27.8. The van der Waals surface area contributed by atoms with Crippen LogP contribution in [0.2, 0.25) is 5.02 Å². The topological polar surface area (TPSA) is 82.2 Å². The van der Waals surface area contributed by atoms with Crippen molar-refractivity contribution in [3.05, 3.63) is 86.4 Å². The van der Waals surface area contributed by atoms with Gasteiger partial charge in [-0.1, -0.05) is 41.9 Å². The number of nitrogens with one attached hydrogen (secondary N) is 3. The zero-order valence-corrected chi connectivity index (χ0v) is 13.7. The number of hydrogen-bond acceptors (Lipinski definition) is 3. The molecule has 0 amide bonds. The van der Waals surface area contributed by atoms with Gasteiger partial charge in [0.2, 0.25) is 0 Å². The summed E-state index contributed by atoms with van der Waals surface area (Å²) in [5.74, 6) is 0. The molecule has 0 fully saturated rings. The lowest BCUT2D eigenvalue weighted by Crippen LogP contribution is -2.15. The molecule has 0 aliphatic rings. The van der Waals surface area contributed by atoms with Gasteiger partial charge >= 0.3 is 0 Å². The average molecular weight is 353 g/mol. The number of nitrogens with zero attached hydrogens (tertiary/aromatic N) is 1. The summed E-state index contributed by atoms with van der Waals surface area (Å²) >= 11 is 5.91. The number of H-pyrrole nitrogens is 2. The minimum Gasteiger partial charge on any atom is -0.348 e. The number of aromatic amines is 2. The number of halogens is 1. The molecule has 0 radical (unpaired) electrons. The fourth-order valence-electron chi connectivity index (χ4n) is 2.63. The highest BCUT2D eigenvalue weighted by Gasteiger charge is 2.13. The van der Waals surface area contributed by atoms with Crippen molar-refractivity contribution in [2.75, 3.05) is 5.32 Å². The molecule has 0 spiro atoms. The Balaban J connectivity index is 1.89. The molecule has 0 saturated heterocycles.